The number of hydrogen-bond acceptors (Lipinski definition) is 6. The summed E-state index contributed by atoms with van der Waals surface area (Å²) in [5.74, 6) is 0.498. The fraction of sp³-hybridized carbons (Fsp3) is 0.346. The van der Waals surface area contributed by atoms with Crippen LogP contribution in [0.15, 0.2) is 61.6 Å². The molecule has 0 radical (unpaired) electrons. The molecule has 0 unspecified atom stereocenters. The minimum Gasteiger partial charge on any atom is -0.422 e. The Labute approximate surface area is 196 Å². The van der Waals surface area contributed by atoms with E-state index in [1.807, 2.05) is 58.0 Å². The summed E-state index contributed by atoms with van der Waals surface area (Å²) in [5.41, 5.74) is 3.76. The average molecular weight is 465 g/mol. The predicted octanol–water partition coefficient (Wildman–Crippen LogP) is 5.23. The van der Waals surface area contributed by atoms with E-state index < -0.39 is 0 Å². The highest BCUT2D eigenvalue weighted by Crippen LogP contribution is 2.28. The monoisotopic (exact) mass is 464 g/mol. The Bertz CT molecular complexity index is 1420. The maximum absolute atomic E-state index is 13.2. The largest absolute Gasteiger partial charge is 0.422 e. The average Bonchev–Trinajstić information content (AvgIpc) is 2.79. The lowest BCUT2D eigenvalue weighted by Crippen LogP contribution is -2.24. The topological polar surface area (TPSA) is 74.3 Å². The van der Waals surface area contributed by atoms with Crippen molar-refractivity contribution in [2.75, 3.05) is 6.61 Å². The van der Waals surface area contributed by atoms with E-state index >= 15 is 0 Å². The predicted molar refractivity (Wildman–Crippen MR) is 133 cm³/mol. The summed E-state index contributed by atoms with van der Waals surface area (Å²) < 4.78 is 12.9. The third-order valence-electron chi connectivity index (χ3n) is 5.68. The Morgan fingerprint density at radius 2 is 1.88 bits per heavy atom. The summed E-state index contributed by atoms with van der Waals surface area (Å²) in [5, 5.41) is 2.14. The molecule has 4 rings (SSSR count). The number of para-hydroxylation sites is 1. The number of fused-ring (bicyclic) bond motifs is 2. The van der Waals surface area contributed by atoms with Crippen molar-refractivity contribution in [3.63, 3.8) is 0 Å². The van der Waals surface area contributed by atoms with Crippen LogP contribution in [-0.4, -0.2) is 22.3 Å². The SMILES string of the molecule is Cc1ccc2c(CSc3nc4ccccc4c(=O)n3CCCOC(C)C)cc(=O)oc2c1C. The second-order valence-electron chi connectivity index (χ2n) is 8.40. The zero-order valence-electron chi connectivity index (χ0n) is 19.4. The highest BCUT2D eigenvalue weighted by atomic mass is 32.2. The Balaban J connectivity index is 1.70. The molecular weight excluding hydrogens is 436 g/mol. The fourth-order valence-corrected chi connectivity index (χ4v) is 4.80. The van der Waals surface area contributed by atoms with Crippen LogP contribution in [0.3, 0.4) is 0 Å². The maximum Gasteiger partial charge on any atom is 0.336 e. The summed E-state index contributed by atoms with van der Waals surface area (Å²) in [4.78, 5) is 30.3. The Morgan fingerprint density at radius 3 is 2.67 bits per heavy atom. The van der Waals surface area contributed by atoms with Gasteiger partial charge in [0, 0.05) is 30.4 Å². The zero-order valence-corrected chi connectivity index (χ0v) is 20.2. The van der Waals surface area contributed by atoms with Gasteiger partial charge in [0.2, 0.25) is 0 Å². The number of ether oxygens (including phenoxy) is 1. The van der Waals surface area contributed by atoms with E-state index in [-0.39, 0.29) is 17.3 Å². The Morgan fingerprint density at radius 1 is 1.09 bits per heavy atom. The molecule has 0 aliphatic heterocycles. The number of hydrogen-bond donors (Lipinski definition) is 0. The minimum atomic E-state index is -0.374. The molecule has 33 heavy (non-hydrogen) atoms. The lowest BCUT2D eigenvalue weighted by atomic mass is 10.0. The lowest BCUT2D eigenvalue weighted by Gasteiger charge is -2.14. The zero-order chi connectivity index (χ0) is 23.5. The molecule has 0 spiro atoms. The summed E-state index contributed by atoms with van der Waals surface area (Å²) in [7, 11) is 0. The summed E-state index contributed by atoms with van der Waals surface area (Å²) in [6.45, 7) is 9.03. The van der Waals surface area contributed by atoms with Crippen molar-refractivity contribution < 1.29 is 9.15 Å². The molecule has 0 bridgehead atoms. The van der Waals surface area contributed by atoms with Gasteiger partial charge in [-0.25, -0.2) is 9.78 Å². The highest BCUT2D eigenvalue weighted by molar-refractivity contribution is 7.98. The third-order valence-corrected chi connectivity index (χ3v) is 6.70. The quantitative estimate of drug-likeness (QED) is 0.154. The van der Waals surface area contributed by atoms with Gasteiger partial charge in [-0.2, -0.15) is 0 Å². The number of benzene rings is 2. The molecule has 7 heteroatoms. The summed E-state index contributed by atoms with van der Waals surface area (Å²) >= 11 is 1.46. The van der Waals surface area contributed by atoms with Crippen LogP contribution < -0.4 is 11.2 Å². The van der Waals surface area contributed by atoms with Crippen molar-refractivity contribution in [2.24, 2.45) is 0 Å². The third kappa shape index (κ3) is 5.04. The standard InChI is InChI=1S/C26H28N2O4S/c1-16(2)31-13-7-12-28-25(30)21-8-5-6-9-22(21)27-26(28)33-15-19-14-23(29)32-24-18(4)17(3)10-11-20(19)24/h5-6,8-11,14,16H,7,12-13,15H2,1-4H3. The van der Waals surface area contributed by atoms with Crippen molar-refractivity contribution in [1.82, 2.24) is 9.55 Å². The lowest BCUT2D eigenvalue weighted by molar-refractivity contribution is 0.0743. The summed E-state index contributed by atoms with van der Waals surface area (Å²) in [6.07, 6.45) is 0.859. The number of thioether (sulfide) groups is 1. The molecule has 4 aromatic rings. The number of aromatic nitrogens is 2. The minimum absolute atomic E-state index is 0.0588. The van der Waals surface area contributed by atoms with Crippen molar-refractivity contribution in [2.45, 2.75) is 57.7 Å². The smallest absolute Gasteiger partial charge is 0.336 e. The molecule has 0 saturated heterocycles. The fourth-order valence-electron chi connectivity index (χ4n) is 3.78. The van der Waals surface area contributed by atoms with Gasteiger partial charge in [-0.15, -0.1) is 0 Å². The van der Waals surface area contributed by atoms with Crippen LogP contribution in [0.1, 0.15) is 37.0 Å². The van der Waals surface area contributed by atoms with Gasteiger partial charge in [-0.1, -0.05) is 36.0 Å². The van der Waals surface area contributed by atoms with Crippen molar-refractivity contribution in [3.05, 3.63) is 79.9 Å². The molecule has 0 fully saturated rings. The van der Waals surface area contributed by atoms with E-state index in [0.717, 1.165) is 22.1 Å². The van der Waals surface area contributed by atoms with E-state index in [1.54, 1.807) is 10.6 Å². The van der Waals surface area contributed by atoms with Crippen LogP contribution in [0, 0.1) is 13.8 Å². The van der Waals surface area contributed by atoms with Gasteiger partial charge in [0.15, 0.2) is 5.16 Å². The second-order valence-corrected chi connectivity index (χ2v) is 9.35. The molecule has 172 valence electrons. The van der Waals surface area contributed by atoms with Gasteiger partial charge in [0.25, 0.3) is 5.56 Å². The first-order valence-corrected chi connectivity index (χ1v) is 12.1. The van der Waals surface area contributed by atoms with Crippen LogP contribution >= 0.6 is 11.8 Å². The molecule has 2 aromatic carbocycles. The molecule has 2 heterocycles. The molecule has 0 N–H and O–H groups in total. The van der Waals surface area contributed by atoms with Crippen molar-refractivity contribution in [3.8, 4) is 0 Å². The van der Waals surface area contributed by atoms with Crippen LogP contribution in [0.2, 0.25) is 0 Å². The molecule has 2 aromatic heterocycles. The van der Waals surface area contributed by atoms with Gasteiger partial charge in [0.1, 0.15) is 5.58 Å². The van der Waals surface area contributed by atoms with Crippen LogP contribution in [0.25, 0.3) is 21.9 Å². The molecule has 0 aliphatic rings. The van der Waals surface area contributed by atoms with Gasteiger partial charge in [-0.3, -0.25) is 9.36 Å². The van der Waals surface area contributed by atoms with Gasteiger partial charge < -0.3 is 9.15 Å². The van der Waals surface area contributed by atoms with E-state index in [1.165, 1.54) is 17.8 Å². The molecule has 0 aliphatic carbocycles. The number of aryl methyl sites for hydroxylation is 2. The van der Waals surface area contributed by atoms with Crippen LogP contribution in [0.4, 0.5) is 0 Å². The van der Waals surface area contributed by atoms with Crippen molar-refractivity contribution in [1.29, 1.82) is 0 Å². The molecule has 0 amide bonds. The molecule has 6 nitrogen and oxygen atoms in total. The van der Waals surface area contributed by atoms with Crippen LogP contribution in [-0.2, 0) is 17.0 Å². The van der Waals surface area contributed by atoms with Crippen molar-refractivity contribution >= 4 is 33.6 Å². The van der Waals surface area contributed by atoms with Gasteiger partial charge in [-0.05, 0) is 62.9 Å². The Kier molecular flexibility index (Phi) is 7.00. The van der Waals surface area contributed by atoms with E-state index in [0.29, 0.717) is 47.0 Å². The van der Waals surface area contributed by atoms with Gasteiger partial charge in [0.05, 0.1) is 17.0 Å². The first kappa shape index (κ1) is 23.3. The second kappa shape index (κ2) is 9.93. The first-order valence-electron chi connectivity index (χ1n) is 11.1. The highest BCUT2D eigenvalue weighted by Gasteiger charge is 2.14. The molecule has 0 atom stereocenters. The van der Waals surface area contributed by atoms with Gasteiger partial charge >= 0.3 is 5.63 Å². The first-order chi connectivity index (χ1) is 15.8. The number of nitrogens with zero attached hydrogens (tertiary/aromatic N) is 2. The van der Waals surface area contributed by atoms with E-state index in [2.05, 4.69) is 0 Å². The Hall–Kier alpha value is -2.90. The van der Waals surface area contributed by atoms with E-state index in [4.69, 9.17) is 14.1 Å². The van der Waals surface area contributed by atoms with Crippen LogP contribution in [0.5, 0.6) is 0 Å². The maximum atomic E-state index is 13.2. The summed E-state index contributed by atoms with van der Waals surface area (Å²) in [6, 6.07) is 12.9. The number of rotatable bonds is 8. The normalized spacial score (nSPS) is 11.7. The molecular formula is C26H28N2O4S. The molecule has 0 saturated carbocycles. The van der Waals surface area contributed by atoms with E-state index in [9.17, 15) is 9.59 Å².